The van der Waals surface area contributed by atoms with Crippen molar-refractivity contribution in [3.63, 3.8) is 0 Å². The van der Waals surface area contributed by atoms with Crippen LogP contribution in [0.25, 0.3) is 0 Å². The molecule has 0 spiro atoms. The van der Waals surface area contributed by atoms with Crippen molar-refractivity contribution in [1.29, 1.82) is 0 Å². The first-order valence-electron chi connectivity index (χ1n) is 8.27. The summed E-state index contributed by atoms with van der Waals surface area (Å²) in [5.74, 6) is 0.218. The molecule has 1 atom stereocenters. The van der Waals surface area contributed by atoms with Gasteiger partial charge in [0.15, 0.2) is 0 Å². The van der Waals surface area contributed by atoms with Gasteiger partial charge in [-0.05, 0) is 36.3 Å². The van der Waals surface area contributed by atoms with Crippen molar-refractivity contribution in [3.8, 4) is 5.75 Å². The summed E-state index contributed by atoms with van der Waals surface area (Å²) >= 11 is 0. The minimum Gasteiger partial charge on any atom is -0.505 e. The lowest BCUT2D eigenvalue weighted by molar-refractivity contribution is 0.192. The molecular formula is C17H28N2O5S. The number of benzene rings is 1. The zero-order valence-corrected chi connectivity index (χ0v) is 16.0. The summed E-state index contributed by atoms with van der Waals surface area (Å²) in [7, 11) is -3.52. The Balaban J connectivity index is 3.05. The summed E-state index contributed by atoms with van der Waals surface area (Å²) in [6.07, 6.45) is 1.14. The van der Waals surface area contributed by atoms with Crippen LogP contribution in [0.4, 0.5) is 10.5 Å². The first-order valence-corrected chi connectivity index (χ1v) is 10.1. The van der Waals surface area contributed by atoms with E-state index in [0.717, 1.165) is 6.26 Å². The third kappa shape index (κ3) is 6.81. The number of para-hydroxylation sites is 1. The Bertz CT molecular complexity index is 688. The van der Waals surface area contributed by atoms with Gasteiger partial charge < -0.3 is 15.5 Å². The molecule has 142 valence electrons. The van der Waals surface area contributed by atoms with Crippen LogP contribution < -0.4 is 9.62 Å². The summed E-state index contributed by atoms with van der Waals surface area (Å²) in [6, 6.07) is 5.01. The Morgan fingerprint density at radius 2 is 1.92 bits per heavy atom. The number of hydrogen-bond donors (Lipinski definition) is 3. The number of sulfonamides is 1. The van der Waals surface area contributed by atoms with Crippen molar-refractivity contribution in [2.24, 2.45) is 11.8 Å². The third-order valence-corrected chi connectivity index (χ3v) is 5.03. The molecule has 8 heteroatoms. The highest BCUT2D eigenvalue weighted by molar-refractivity contribution is 7.92. The summed E-state index contributed by atoms with van der Waals surface area (Å²) in [5.41, 5.74) is 0.856. The number of anilines is 1. The van der Waals surface area contributed by atoms with E-state index in [-0.39, 0.29) is 23.9 Å². The highest BCUT2D eigenvalue weighted by Crippen LogP contribution is 2.34. The number of carbonyl (C=O) groups is 1. The maximum Gasteiger partial charge on any atom is 0.404 e. The number of aromatic hydroxyl groups is 1. The molecule has 25 heavy (non-hydrogen) atoms. The van der Waals surface area contributed by atoms with Crippen LogP contribution in [-0.4, -0.2) is 44.1 Å². The first-order chi connectivity index (χ1) is 11.5. The van der Waals surface area contributed by atoms with Crippen LogP contribution >= 0.6 is 0 Å². The molecule has 0 saturated heterocycles. The van der Waals surface area contributed by atoms with Crippen molar-refractivity contribution in [1.82, 2.24) is 5.32 Å². The van der Waals surface area contributed by atoms with E-state index < -0.39 is 16.1 Å². The molecule has 0 unspecified atom stereocenters. The lowest BCUT2D eigenvalue weighted by atomic mass is 9.99. The minimum atomic E-state index is -3.52. The van der Waals surface area contributed by atoms with Crippen molar-refractivity contribution in [2.45, 2.75) is 33.6 Å². The van der Waals surface area contributed by atoms with Crippen molar-refractivity contribution >= 4 is 21.8 Å². The number of nitrogens with one attached hydrogen (secondary N) is 1. The molecule has 0 bridgehead atoms. The topological polar surface area (TPSA) is 107 Å². The van der Waals surface area contributed by atoms with Crippen LogP contribution in [0.3, 0.4) is 0 Å². The van der Waals surface area contributed by atoms with Gasteiger partial charge in [-0.2, -0.15) is 0 Å². The molecule has 0 aromatic heterocycles. The van der Waals surface area contributed by atoms with Gasteiger partial charge in [0.05, 0.1) is 11.9 Å². The molecule has 0 aliphatic heterocycles. The van der Waals surface area contributed by atoms with E-state index in [1.54, 1.807) is 18.2 Å². The molecule has 0 heterocycles. The minimum absolute atomic E-state index is 0.0420. The normalized spacial score (nSPS) is 12.8. The number of carboxylic acid groups (broad SMARTS) is 1. The quantitative estimate of drug-likeness (QED) is 0.618. The van der Waals surface area contributed by atoms with Gasteiger partial charge in [-0.15, -0.1) is 0 Å². The second kappa shape index (κ2) is 8.94. The fourth-order valence-electron chi connectivity index (χ4n) is 2.49. The summed E-state index contributed by atoms with van der Waals surface area (Å²) in [5, 5.41) is 21.5. The van der Waals surface area contributed by atoms with E-state index in [2.05, 4.69) is 5.32 Å². The Kier molecular flexibility index (Phi) is 7.54. The largest absolute Gasteiger partial charge is 0.505 e. The van der Waals surface area contributed by atoms with Crippen molar-refractivity contribution in [2.75, 3.05) is 23.7 Å². The Labute approximate surface area is 149 Å². The zero-order valence-electron chi connectivity index (χ0n) is 15.2. The van der Waals surface area contributed by atoms with Gasteiger partial charge >= 0.3 is 6.09 Å². The molecule has 1 aromatic rings. The average Bonchev–Trinajstić information content (AvgIpc) is 2.47. The van der Waals surface area contributed by atoms with Gasteiger partial charge in [-0.1, -0.05) is 32.9 Å². The second-order valence-corrected chi connectivity index (χ2v) is 8.70. The molecule has 0 aliphatic rings. The molecule has 0 radical (unpaired) electrons. The smallest absolute Gasteiger partial charge is 0.404 e. The van der Waals surface area contributed by atoms with Crippen LogP contribution in [0.1, 0.15) is 32.8 Å². The van der Waals surface area contributed by atoms with E-state index in [1.807, 2.05) is 20.8 Å². The van der Waals surface area contributed by atoms with Crippen LogP contribution in [0, 0.1) is 11.8 Å². The van der Waals surface area contributed by atoms with Crippen molar-refractivity contribution in [3.05, 3.63) is 23.8 Å². The van der Waals surface area contributed by atoms with Crippen LogP contribution in [0.15, 0.2) is 18.2 Å². The Hall–Kier alpha value is -1.96. The highest BCUT2D eigenvalue weighted by Gasteiger charge is 2.22. The molecule has 1 amide bonds. The van der Waals surface area contributed by atoms with Gasteiger partial charge in [0.25, 0.3) is 0 Å². The number of hydrogen-bond acceptors (Lipinski definition) is 4. The van der Waals surface area contributed by atoms with Crippen LogP contribution in [0.5, 0.6) is 5.75 Å². The monoisotopic (exact) mass is 372 g/mol. The fourth-order valence-corrected chi connectivity index (χ4v) is 3.43. The molecule has 3 N–H and O–H groups in total. The Morgan fingerprint density at radius 3 is 2.44 bits per heavy atom. The van der Waals surface area contributed by atoms with Gasteiger partial charge in [0.2, 0.25) is 10.0 Å². The summed E-state index contributed by atoms with van der Waals surface area (Å²) in [4.78, 5) is 10.6. The van der Waals surface area contributed by atoms with E-state index in [1.165, 1.54) is 4.31 Å². The number of nitrogens with zero attached hydrogens (tertiary/aromatic N) is 1. The molecule has 7 nitrogen and oxygen atoms in total. The maximum absolute atomic E-state index is 12.1. The van der Waals surface area contributed by atoms with Crippen LogP contribution in [-0.2, 0) is 16.4 Å². The number of rotatable bonds is 9. The van der Waals surface area contributed by atoms with Gasteiger partial charge in [-0.25, -0.2) is 13.2 Å². The van der Waals surface area contributed by atoms with Gasteiger partial charge in [0.1, 0.15) is 5.75 Å². The summed E-state index contributed by atoms with van der Waals surface area (Å²) < 4.78 is 25.5. The van der Waals surface area contributed by atoms with Crippen LogP contribution in [0.2, 0.25) is 0 Å². The molecule has 1 rings (SSSR count). The molecule has 0 saturated carbocycles. The van der Waals surface area contributed by atoms with E-state index in [9.17, 15) is 18.3 Å². The van der Waals surface area contributed by atoms with Crippen molar-refractivity contribution < 1.29 is 23.4 Å². The zero-order chi connectivity index (χ0) is 19.2. The maximum atomic E-state index is 12.1. The van der Waals surface area contributed by atoms with Gasteiger partial charge in [0, 0.05) is 13.1 Å². The van der Waals surface area contributed by atoms with E-state index in [0.29, 0.717) is 30.9 Å². The molecule has 1 aromatic carbocycles. The third-order valence-electron chi connectivity index (χ3n) is 3.85. The predicted octanol–water partition coefficient (Wildman–Crippen LogP) is 2.65. The van der Waals surface area contributed by atoms with E-state index >= 15 is 0 Å². The lowest BCUT2D eigenvalue weighted by Crippen LogP contribution is -2.32. The summed E-state index contributed by atoms with van der Waals surface area (Å²) in [6.45, 7) is 6.42. The number of amides is 1. The SMILES string of the molecule is CC(C)CCN(c1cccc(C[C@@H](C)CNC(=O)O)c1O)S(C)(=O)=O. The fraction of sp³-hybridized carbons (Fsp3) is 0.588. The van der Waals surface area contributed by atoms with Gasteiger partial charge in [-0.3, -0.25) is 4.31 Å². The number of phenolic OH excluding ortho intramolecular Hbond substituents is 1. The molecular weight excluding hydrogens is 344 g/mol. The first kappa shape index (κ1) is 21.1. The highest BCUT2D eigenvalue weighted by atomic mass is 32.2. The second-order valence-electron chi connectivity index (χ2n) is 6.80. The lowest BCUT2D eigenvalue weighted by Gasteiger charge is -2.25. The van der Waals surface area contributed by atoms with E-state index in [4.69, 9.17) is 5.11 Å². The molecule has 0 aliphatic carbocycles. The average molecular weight is 372 g/mol. The standard InChI is InChI=1S/C17H28N2O5S/c1-12(2)8-9-19(25(4,23)24)15-7-5-6-14(16(15)20)10-13(3)11-18-17(21)22/h5-7,12-13,18,20H,8-11H2,1-4H3,(H,21,22)/t13-/m1/s1. The number of phenols is 1. The Morgan fingerprint density at radius 1 is 1.28 bits per heavy atom. The predicted molar refractivity (Wildman–Crippen MR) is 98.6 cm³/mol. The molecule has 0 fully saturated rings.